The third-order valence-corrected chi connectivity index (χ3v) is 3.83. The van der Waals surface area contributed by atoms with Gasteiger partial charge in [0.05, 0.1) is 19.4 Å². The third-order valence-electron chi connectivity index (χ3n) is 3.83. The number of hydrogen-bond acceptors (Lipinski definition) is 3. The molecule has 1 amide bonds. The maximum Gasteiger partial charge on any atom is 0.251 e. The molecule has 0 aliphatic carbocycles. The van der Waals surface area contributed by atoms with Gasteiger partial charge in [0.15, 0.2) is 0 Å². The minimum atomic E-state index is -0.0198. The Labute approximate surface area is 123 Å². The number of amides is 1. The summed E-state index contributed by atoms with van der Waals surface area (Å²) in [5.74, 6) is -0.0198. The molecule has 1 aliphatic heterocycles. The summed E-state index contributed by atoms with van der Waals surface area (Å²) in [6.07, 6.45) is 3.67. The van der Waals surface area contributed by atoms with Crippen molar-refractivity contribution in [3.8, 4) is 0 Å². The van der Waals surface area contributed by atoms with E-state index in [9.17, 15) is 4.79 Å². The molecule has 1 aromatic heterocycles. The Morgan fingerprint density at radius 3 is 3.05 bits per heavy atom. The largest absolute Gasteiger partial charge is 0.372 e. The van der Waals surface area contributed by atoms with Crippen LogP contribution in [-0.2, 0) is 24.4 Å². The van der Waals surface area contributed by atoms with Gasteiger partial charge in [0.2, 0.25) is 0 Å². The summed E-state index contributed by atoms with van der Waals surface area (Å²) >= 11 is 0. The first-order valence-corrected chi connectivity index (χ1v) is 7.20. The number of hydrogen-bond donors (Lipinski definition) is 2. The number of aryl methyl sites for hydroxylation is 2. The van der Waals surface area contributed by atoms with Crippen molar-refractivity contribution in [1.82, 2.24) is 15.5 Å². The molecule has 1 aliphatic rings. The summed E-state index contributed by atoms with van der Waals surface area (Å²) in [5, 5.41) is 9.87. The summed E-state index contributed by atoms with van der Waals surface area (Å²) in [6.45, 7) is 3.93. The second kappa shape index (κ2) is 6.10. The molecular formula is C16H19N3O2. The summed E-state index contributed by atoms with van der Waals surface area (Å²) in [4.78, 5) is 12.1. The number of fused-ring (bicyclic) bond motifs is 1. The van der Waals surface area contributed by atoms with Crippen molar-refractivity contribution in [2.45, 2.75) is 33.0 Å². The van der Waals surface area contributed by atoms with Crippen molar-refractivity contribution in [3.63, 3.8) is 0 Å². The second-order valence-corrected chi connectivity index (χ2v) is 5.36. The minimum absolute atomic E-state index is 0.0198. The molecule has 3 rings (SSSR count). The lowest BCUT2D eigenvalue weighted by molar-refractivity contribution is 0.0953. The zero-order chi connectivity index (χ0) is 14.7. The highest BCUT2D eigenvalue weighted by atomic mass is 16.5. The fraction of sp³-hybridized carbons (Fsp3) is 0.375. The van der Waals surface area contributed by atoms with Crippen LogP contribution in [0.4, 0.5) is 0 Å². The molecule has 0 saturated carbocycles. The van der Waals surface area contributed by atoms with E-state index in [2.05, 4.69) is 15.5 Å². The van der Waals surface area contributed by atoms with Crippen LogP contribution in [0.2, 0.25) is 0 Å². The van der Waals surface area contributed by atoms with E-state index in [4.69, 9.17) is 4.74 Å². The minimum Gasteiger partial charge on any atom is -0.372 e. The first-order chi connectivity index (χ1) is 10.2. The Bertz CT molecular complexity index is 649. The smallest absolute Gasteiger partial charge is 0.251 e. The number of ether oxygens (including phenoxy) is 1. The fourth-order valence-corrected chi connectivity index (χ4v) is 2.52. The average molecular weight is 285 g/mol. The molecule has 2 heterocycles. The van der Waals surface area contributed by atoms with Crippen LogP contribution in [-0.4, -0.2) is 22.6 Å². The Hall–Kier alpha value is -2.14. The Morgan fingerprint density at radius 2 is 2.24 bits per heavy atom. The molecule has 0 atom stereocenters. The van der Waals surface area contributed by atoms with Crippen LogP contribution in [0.3, 0.4) is 0 Å². The number of carbonyl (C=O) groups is 1. The molecule has 5 heteroatoms. The van der Waals surface area contributed by atoms with Crippen LogP contribution < -0.4 is 5.32 Å². The molecule has 1 aromatic carbocycles. The normalized spacial score (nSPS) is 13.2. The van der Waals surface area contributed by atoms with Crippen LogP contribution >= 0.6 is 0 Å². The predicted octanol–water partition coefficient (Wildman–Crippen LogP) is 2.11. The van der Waals surface area contributed by atoms with Crippen molar-refractivity contribution in [3.05, 3.63) is 52.3 Å². The topological polar surface area (TPSA) is 67.0 Å². The highest BCUT2D eigenvalue weighted by molar-refractivity contribution is 5.94. The molecule has 0 fully saturated rings. The third kappa shape index (κ3) is 3.13. The molecule has 2 N–H and O–H groups in total. The Balaban J connectivity index is 1.49. The maximum absolute atomic E-state index is 12.1. The summed E-state index contributed by atoms with van der Waals surface area (Å²) < 4.78 is 5.36. The van der Waals surface area contributed by atoms with E-state index in [1.165, 1.54) is 11.1 Å². The number of aromatic nitrogens is 2. The fourth-order valence-electron chi connectivity index (χ4n) is 2.52. The number of nitrogens with zero attached hydrogens (tertiary/aromatic N) is 1. The average Bonchev–Trinajstić information content (AvgIpc) is 3.11. The molecule has 0 saturated heterocycles. The summed E-state index contributed by atoms with van der Waals surface area (Å²) in [5.41, 5.74) is 5.32. The van der Waals surface area contributed by atoms with Gasteiger partial charge in [0.1, 0.15) is 0 Å². The van der Waals surface area contributed by atoms with Gasteiger partial charge in [-0.15, -0.1) is 0 Å². The van der Waals surface area contributed by atoms with Gasteiger partial charge in [-0.05, 0) is 48.6 Å². The van der Waals surface area contributed by atoms with Gasteiger partial charge in [-0.1, -0.05) is 6.07 Å². The van der Waals surface area contributed by atoms with E-state index in [0.717, 1.165) is 24.1 Å². The monoisotopic (exact) mass is 285 g/mol. The number of carbonyl (C=O) groups excluding carboxylic acids is 1. The van der Waals surface area contributed by atoms with Crippen molar-refractivity contribution in [2.24, 2.45) is 0 Å². The molecule has 2 aromatic rings. The first-order valence-electron chi connectivity index (χ1n) is 7.20. The Morgan fingerprint density at radius 1 is 1.38 bits per heavy atom. The van der Waals surface area contributed by atoms with Gasteiger partial charge < -0.3 is 10.1 Å². The van der Waals surface area contributed by atoms with Gasteiger partial charge in [0.25, 0.3) is 5.91 Å². The lowest BCUT2D eigenvalue weighted by Gasteiger charge is -2.06. The molecule has 0 spiro atoms. The van der Waals surface area contributed by atoms with Crippen molar-refractivity contribution < 1.29 is 9.53 Å². The molecule has 0 unspecified atom stereocenters. The standard InChI is InChI=1S/C16H19N3O2/c1-11-13(8-18-19-11)3-2-6-17-16(20)12-4-5-14-9-21-10-15(14)7-12/h4-5,7-8H,2-3,6,9-10H2,1H3,(H,17,20)(H,18,19). The molecule has 5 nitrogen and oxygen atoms in total. The summed E-state index contributed by atoms with van der Waals surface area (Å²) in [6, 6.07) is 5.77. The van der Waals surface area contributed by atoms with Gasteiger partial charge in [0, 0.05) is 17.8 Å². The molecule has 0 bridgehead atoms. The maximum atomic E-state index is 12.1. The number of nitrogens with one attached hydrogen (secondary N) is 2. The van der Waals surface area contributed by atoms with Crippen LogP contribution in [0.1, 0.15) is 39.2 Å². The molecular weight excluding hydrogens is 266 g/mol. The van der Waals surface area contributed by atoms with Gasteiger partial charge in [-0.25, -0.2) is 0 Å². The van der Waals surface area contributed by atoms with E-state index < -0.39 is 0 Å². The van der Waals surface area contributed by atoms with Crippen LogP contribution in [0.25, 0.3) is 0 Å². The molecule has 110 valence electrons. The lowest BCUT2D eigenvalue weighted by atomic mass is 10.1. The SMILES string of the molecule is Cc1[nH]ncc1CCCNC(=O)c1ccc2c(c1)COC2. The highest BCUT2D eigenvalue weighted by Gasteiger charge is 2.14. The number of benzene rings is 1. The summed E-state index contributed by atoms with van der Waals surface area (Å²) in [7, 11) is 0. The van der Waals surface area contributed by atoms with Crippen molar-refractivity contribution in [1.29, 1.82) is 0 Å². The predicted molar refractivity (Wildman–Crippen MR) is 78.9 cm³/mol. The number of rotatable bonds is 5. The molecule has 21 heavy (non-hydrogen) atoms. The van der Waals surface area contributed by atoms with Gasteiger partial charge in [-0.3, -0.25) is 9.89 Å². The van der Waals surface area contributed by atoms with Crippen molar-refractivity contribution in [2.75, 3.05) is 6.54 Å². The quantitative estimate of drug-likeness (QED) is 0.827. The molecule has 0 radical (unpaired) electrons. The van der Waals surface area contributed by atoms with Crippen molar-refractivity contribution >= 4 is 5.91 Å². The van der Waals surface area contributed by atoms with Crippen LogP contribution in [0, 0.1) is 6.92 Å². The van der Waals surface area contributed by atoms with E-state index in [0.29, 0.717) is 25.3 Å². The van der Waals surface area contributed by atoms with E-state index in [1.54, 1.807) is 0 Å². The van der Waals surface area contributed by atoms with Crippen LogP contribution in [0.5, 0.6) is 0 Å². The highest BCUT2D eigenvalue weighted by Crippen LogP contribution is 2.20. The van der Waals surface area contributed by atoms with Gasteiger partial charge >= 0.3 is 0 Å². The van der Waals surface area contributed by atoms with E-state index in [-0.39, 0.29) is 5.91 Å². The number of aromatic amines is 1. The lowest BCUT2D eigenvalue weighted by Crippen LogP contribution is -2.24. The van der Waals surface area contributed by atoms with Crippen LogP contribution in [0.15, 0.2) is 24.4 Å². The van der Waals surface area contributed by atoms with Gasteiger partial charge in [-0.2, -0.15) is 5.10 Å². The van der Waals surface area contributed by atoms with E-state index >= 15 is 0 Å². The van der Waals surface area contributed by atoms with E-state index in [1.807, 2.05) is 31.3 Å². The Kier molecular flexibility index (Phi) is 4.01. The zero-order valence-electron chi connectivity index (χ0n) is 12.1. The second-order valence-electron chi connectivity index (χ2n) is 5.36. The first kappa shape index (κ1) is 13.8. The zero-order valence-corrected chi connectivity index (χ0v) is 12.1. The number of H-pyrrole nitrogens is 1.